The van der Waals surface area contributed by atoms with E-state index in [0.717, 1.165) is 29.7 Å². The van der Waals surface area contributed by atoms with Crippen LogP contribution in [-0.4, -0.2) is 65.2 Å². The number of benzene rings is 2. The molecule has 0 amide bonds. The summed E-state index contributed by atoms with van der Waals surface area (Å²) in [6.07, 6.45) is -3.16. The highest BCUT2D eigenvalue weighted by Gasteiger charge is 2.55. The minimum absolute atomic E-state index is 0.413. The van der Waals surface area contributed by atoms with Gasteiger partial charge in [0.15, 0.2) is 0 Å². The van der Waals surface area contributed by atoms with Crippen LogP contribution in [0.5, 0.6) is 5.75 Å². The van der Waals surface area contributed by atoms with Gasteiger partial charge in [0.2, 0.25) is 5.79 Å². The molecule has 176 valence electrons. The van der Waals surface area contributed by atoms with E-state index in [-0.39, 0.29) is 0 Å². The topological polar surface area (TPSA) is 109 Å². The second-order valence-electron chi connectivity index (χ2n) is 7.97. The highest BCUT2D eigenvalue weighted by molar-refractivity contribution is 6.31. The van der Waals surface area contributed by atoms with Gasteiger partial charge in [0.1, 0.15) is 30.2 Å². The SMILES string of the molecule is CCCCOc1ccc(Cc2cc(C3(OC)O[C@H](CO)[C@@H](O)[C@H](O)[C@H]3O)ccc2Cl)cc1. The van der Waals surface area contributed by atoms with Crippen molar-refractivity contribution in [3.63, 3.8) is 0 Å². The van der Waals surface area contributed by atoms with E-state index in [2.05, 4.69) is 6.92 Å². The summed E-state index contributed by atoms with van der Waals surface area (Å²) in [6.45, 7) is 2.24. The first-order valence-electron chi connectivity index (χ1n) is 10.7. The Kier molecular flexibility index (Phi) is 8.52. The van der Waals surface area contributed by atoms with Gasteiger partial charge in [-0.3, -0.25) is 0 Å². The van der Waals surface area contributed by atoms with Crippen molar-refractivity contribution in [3.05, 3.63) is 64.2 Å². The predicted octanol–water partition coefficient (Wildman–Crippen LogP) is 2.38. The zero-order chi connectivity index (χ0) is 23.3. The smallest absolute Gasteiger partial charge is 0.224 e. The minimum atomic E-state index is -1.78. The molecule has 1 aliphatic heterocycles. The van der Waals surface area contributed by atoms with E-state index in [1.54, 1.807) is 18.2 Å². The van der Waals surface area contributed by atoms with Crippen molar-refractivity contribution in [2.75, 3.05) is 20.3 Å². The third-order valence-electron chi connectivity index (χ3n) is 5.79. The van der Waals surface area contributed by atoms with Crippen molar-refractivity contribution in [1.82, 2.24) is 0 Å². The average molecular weight is 467 g/mol. The Balaban J connectivity index is 1.86. The molecule has 1 fully saturated rings. The largest absolute Gasteiger partial charge is 0.494 e. The molecule has 1 heterocycles. The van der Waals surface area contributed by atoms with Gasteiger partial charge >= 0.3 is 0 Å². The molecule has 2 aromatic carbocycles. The number of methoxy groups -OCH3 is 1. The van der Waals surface area contributed by atoms with Gasteiger partial charge in [0.05, 0.1) is 13.2 Å². The fourth-order valence-corrected chi connectivity index (χ4v) is 4.04. The first kappa shape index (κ1) is 24.9. The van der Waals surface area contributed by atoms with Gasteiger partial charge in [0, 0.05) is 17.7 Å². The Labute approximate surface area is 193 Å². The molecule has 32 heavy (non-hydrogen) atoms. The van der Waals surface area contributed by atoms with E-state index >= 15 is 0 Å². The summed E-state index contributed by atoms with van der Waals surface area (Å²) in [5.41, 5.74) is 2.18. The summed E-state index contributed by atoms with van der Waals surface area (Å²) >= 11 is 6.44. The van der Waals surface area contributed by atoms with Crippen molar-refractivity contribution in [1.29, 1.82) is 0 Å². The van der Waals surface area contributed by atoms with Crippen molar-refractivity contribution >= 4 is 11.6 Å². The Morgan fingerprint density at radius 2 is 1.78 bits per heavy atom. The van der Waals surface area contributed by atoms with Crippen molar-refractivity contribution in [2.24, 2.45) is 0 Å². The molecule has 0 bridgehead atoms. The summed E-state index contributed by atoms with van der Waals surface area (Å²) in [5.74, 6) is -0.968. The predicted molar refractivity (Wildman–Crippen MR) is 120 cm³/mol. The second-order valence-corrected chi connectivity index (χ2v) is 8.37. The first-order chi connectivity index (χ1) is 15.4. The molecule has 0 radical (unpaired) electrons. The molecule has 1 aliphatic rings. The Hall–Kier alpha value is -1.71. The van der Waals surface area contributed by atoms with Gasteiger partial charge in [-0.2, -0.15) is 0 Å². The number of rotatable bonds is 9. The maximum Gasteiger partial charge on any atom is 0.224 e. The zero-order valence-electron chi connectivity index (χ0n) is 18.3. The molecule has 5 atom stereocenters. The standard InChI is InChI=1S/C24H31ClO7/c1-3-4-11-31-18-8-5-15(6-9-18)12-16-13-17(7-10-19(16)25)24(30-2)23(29)22(28)21(27)20(14-26)32-24/h5-10,13,20-23,26-29H,3-4,11-12,14H2,1-2H3/t20-,21-,22+,23-,24?/m1/s1. The van der Waals surface area contributed by atoms with Gasteiger partial charge in [0.25, 0.3) is 0 Å². The molecule has 0 aromatic heterocycles. The molecular weight excluding hydrogens is 436 g/mol. The highest BCUT2D eigenvalue weighted by Crippen LogP contribution is 2.40. The van der Waals surface area contributed by atoms with Gasteiger partial charge in [-0.1, -0.05) is 43.1 Å². The van der Waals surface area contributed by atoms with E-state index in [4.69, 9.17) is 25.8 Å². The summed E-state index contributed by atoms with van der Waals surface area (Å²) in [4.78, 5) is 0. The normalized spacial score (nSPS) is 28.0. The first-order valence-corrected chi connectivity index (χ1v) is 11.1. The fourth-order valence-electron chi connectivity index (χ4n) is 3.85. The molecular formula is C24H31ClO7. The fraction of sp³-hybridized carbons (Fsp3) is 0.500. The average Bonchev–Trinajstić information content (AvgIpc) is 2.81. The van der Waals surface area contributed by atoms with Crippen LogP contribution in [0.15, 0.2) is 42.5 Å². The second kappa shape index (κ2) is 10.9. The molecule has 3 rings (SSSR count). The molecule has 0 spiro atoms. The lowest BCUT2D eigenvalue weighted by atomic mass is 9.87. The maximum absolute atomic E-state index is 10.7. The molecule has 1 unspecified atom stereocenters. The number of aliphatic hydroxyl groups excluding tert-OH is 4. The van der Waals surface area contributed by atoms with E-state index in [9.17, 15) is 20.4 Å². The summed E-state index contributed by atoms with van der Waals surface area (Å²) in [5, 5.41) is 41.2. The lowest BCUT2D eigenvalue weighted by Gasteiger charge is -2.47. The number of aliphatic hydroxyl groups is 4. The monoisotopic (exact) mass is 466 g/mol. The Morgan fingerprint density at radius 3 is 2.41 bits per heavy atom. The summed E-state index contributed by atoms with van der Waals surface area (Å²) < 4.78 is 17.0. The van der Waals surface area contributed by atoms with Gasteiger partial charge in [-0.05, 0) is 48.2 Å². The molecule has 1 saturated heterocycles. The van der Waals surface area contributed by atoms with Crippen LogP contribution < -0.4 is 4.74 Å². The highest BCUT2D eigenvalue weighted by atomic mass is 35.5. The summed E-state index contributed by atoms with van der Waals surface area (Å²) in [6, 6.07) is 12.8. The molecule has 7 nitrogen and oxygen atoms in total. The van der Waals surface area contributed by atoms with Crippen LogP contribution in [0.3, 0.4) is 0 Å². The third-order valence-corrected chi connectivity index (χ3v) is 6.15. The van der Waals surface area contributed by atoms with E-state index < -0.39 is 36.8 Å². The third kappa shape index (κ3) is 5.10. The molecule has 0 aliphatic carbocycles. The van der Waals surface area contributed by atoms with Crippen LogP contribution in [0, 0.1) is 0 Å². The molecule has 4 N–H and O–H groups in total. The van der Waals surface area contributed by atoms with E-state index in [1.807, 2.05) is 24.3 Å². The number of unbranched alkanes of at least 4 members (excludes halogenated alkanes) is 1. The van der Waals surface area contributed by atoms with Crippen molar-refractivity contribution < 1.29 is 34.6 Å². The molecule has 2 aromatic rings. The lowest BCUT2D eigenvalue weighted by Crippen LogP contribution is -2.64. The number of hydrogen-bond acceptors (Lipinski definition) is 7. The van der Waals surface area contributed by atoms with Crippen LogP contribution in [0.1, 0.15) is 36.5 Å². The number of ether oxygens (including phenoxy) is 3. The quantitative estimate of drug-likeness (QED) is 0.420. The minimum Gasteiger partial charge on any atom is -0.494 e. The number of halogens is 1. The molecule has 0 saturated carbocycles. The van der Waals surface area contributed by atoms with Gasteiger partial charge < -0.3 is 34.6 Å². The van der Waals surface area contributed by atoms with Gasteiger partial charge in [-0.25, -0.2) is 0 Å². The number of hydrogen-bond donors (Lipinski definition) is 4. The van der Waals surface area contributed by atoms with Crippen LogP contribution in [0.4, 0.5) is 0 Å². The van der Waals surface area contributed by atoms with Crippen LogP contribution in [-0.2, 0) is 21.7 Å². The van der Waals surface area contributed by atoms with E-state index in [1.165, 1.54) is 7.11 Å². The van der Waals surface area contributed by atoms with E-state index in [0.29, 0.717) is 23.6 Å². The van der Waals surface area contributed by atoms with Crippen LogP contribution in [0.25, 0.3) is 0 Å². The van der Waals surface area contributed by atoms with Crippen molar-refractivity contribution in [3.8, 4) is 5.75 Å². The maximum atomic E-state index is 10.7. The van der Waals surface area contributed by atoms with Crippen molar-refractivity contribution in [2.45, 2.75) is 56.4 Å². The Bertz CT molecular complexity index is 873. The molecule has 8 heteroatoms. The lowest BCUT2D eigenvalue weighted by molar-refractivity contribution is -0.366. The zero-order valence-corrected chi connectivity index (χ0v) is 19.0. The Morgan fingerprint density at radius 1 is 1.06 bits per heavy atom. The van der Waals surface area contributed by atoms with Crippen LogP contribution in [0.2, 0.25) is 5.02 Å². The van der Waals surface area contributed by atoms with Gasteiger partial charge in [-0.15, -0.1) is 0 Å². The van der Waals surface area contributed by atoms with Crippen LogP contribution >= 0.6 is 11.6 Å². The summed E-state index contributed by atoms with van der Waals surface area (Å²) in [7, 11) is 1.33.